The van der Waals surface area contributed by atoms with Gasteiger partial charge in [0.15, 0.2) is 11.5 Å². The number of nitrogens with one attached hydrogen (secondary N) is 1. The average Bonchev–Trinajstić information content (AvgIpc) is 3.27. The van der Waals surface area contributed by atoms with Gasteiger partial charge in [0.2, 0.25) is 11.8 Å². The number of primary amides is 1. The molecule has 7 nitrogen and oxygen atoms in total. The third-order valence-corrected chi connectivity index (χ3v) is 6.95. The number of nitrogens with zero attached hydrogens (tertiary/aromatic N) is 1. The van der Waals surface area contributed by atoms with E-state index in [1.165, 1.54) is 0 Å². The first kappa shape index (κ1) is 20.8. The lowest BCUT2D eigenvalue weighted by molar-refractivity contribution is -0.128. The Kier molecular flexibility index (Phi) is 5.51. The second kappa shape index (κ2) is 8.47. The average molecular weight is 436 g/mol. The molecular weight excluding hydrogens is 406 g/mol. The molecule has 2 aliphatic heterocycles. The molecule has 0 spiro atoms. The van der Waals surface area contributed by atoms with Gasteiger partial charge in [0, 0.05) is 6.54 Å². The molecule has 168 valence electrons. The minimum Gasteiger partial charge on any atom is -0.486 e. The Morgan fingerprint density at radius 2 is 1.75 bits per heavy atom. The zero-order chi connectivity index (χ0) is 22.1. The lowest BCUT2D eigenvalue weighted by Gasteiger charge is -2.37. The Labute approximate surface area is 187 Å². The Bertz CT molecular complexity index is 1030. The first-order chi connectivity index (χ1) is 15.5. The van der Waals surface area contributed by atoms with Gasteiger partial charge in [-0.15, -0.1) is 0 Å². The Hall–Kier alpha value is -3.06. The summed E-state index contributed by atoms with van der Waals surface area (Å²) >= 11 is 0. The van der Waals surface area contributed by atoms with E-state index in [1.807, 2.05) is 47.4 Å². The zero-order valence-corrected chi connectivity index (χ0v) is 18.1. The van der Waals surface area contributed by atoms with Gasteiger partial charge in [-0.1, -0.05) is 43.2 Å². The zero-order valence-electron chi connectivity index (χ0n) is 18.1. The number of hydrogen-bond donors (Lipinski definition) is 2. The number of fused-ring (bicyclic) bond motifs is 2. The number of carbonyl (C=O) groups is 2. The molecule has 5 rings (SSSR count). The first-order valence-electron chi connectivity index (χ1n) is 11.4. The highest BCUT2D eigenvalue weighted by Gasteiger charge is 2.39. The molecule has 1 fully saturated rings. The van der Waals surface area contributed by atoms with E-state index >= 15 is 0 Å². The van der Waals surface area contributed by atoms with E-state index in [0.717, 1.165) is 53.9 Å². The van der Waals surface area contributed by atoms with Crippen molar-refractivity contribution in [2.24, 2.45) is 5.73 Å². The van der Waals surface area contributed by atoms with E-state index < -0.39 is 17.5 Å². The monoisotopic (exact) mass is 435 g/mol. The van der Waals surface area contributed by atoms with Crippen molar-refractivity contribution in [3.63, 3.8) is 0 Å². The van der Waals surface area contributed by atoms with E-state index in [4.69, 9.17) is 15.2 Å². The number of hydrogen-bond acceptors (Lipinski definition) is 5. The molecule has 0 radical (unpaired) electrons. The van der Waals surface area contributed by atoms with Gasteiger partial charge in [0.05, 0.1) is 18.1 Å². The lowest BCUT2D eigenvalue weighted by atomic mass is 9.87. The van der Waals surface area contributed by atoms with Crippen LogP contribution < -0.4 is 20.5 Å². The van der Waals surface area contributed by atoms with E-state index in [0.29, 0.717) is 26.2 Å². The van der Waals surface area contributed by atoms with Crippen LogP contribution in [0.2, 0.25) is 0 Å². The number of benzene rings is 2. The second-order valence-electron chi connectivity index (χ2n) is 8.99. The molecule has 7 heteroatoms. The number of carbonyl (C=O) groups excluding carboxylic acids is 2. The van der Waals surface area contributed by atoms with Crippen LogP contribution in [0, 0.1) is 0 Å². The maximum Gasteiger partial charge on any atom is 0.235 e. The van der Waals surface area contributed by atoms with Gasteiger partial charge in [0.1, 0.15) is 13.2 Å². The van der Waals surface area contributed by atoms with Crippen molar-refractivity contribution >= 4 is 11.8 Å². The Morgan fingerprint density at radius 1 is 1.03 bits per heavy atom. The van der Waals surface area contributed by atoms with Crippen molar-refractivity contribution in [2.45, 2.75) is 50.2 Å². The van der Waals surface area contributed by atoms with Crippen LogP contribution in [0.5, 0.6) is 11.5 Å². The largest absolute Gasteiger partial charge is 0.486 e. The van der Waals surface area contributed by atoms with Crippen molar-refractivity contribution in [1.82, 2.24) is 10.2 Å². The SMILES string of the molecule is NC(=O)C1Cc2ccccc2CN1CC(=O)NC1(c2ccc3c(c2)OCCO3)CCCC1. The summed E-state index contributed by atoms with van der Waals surface area (Å²) in [7, 11) is 0. The predicted octanol–water partition coefficient (Wildman–Crippen LogP) is 2.26. The highest BCUT2D eigenvalue weighted by atomic mass is 16.6. The molecule has 0 saturated heterocycles. The summed E-state index contributed by atoms with van der Waals surface area (Å²) in [6.07, 6.45) is 4.39. The molecule has 2 aromatic carbocycles. The van der Waals surface area contributed by atoms with Crippen LogP contribution in [0.4, 0.5) is 0 Å². The van der Waals surface area contributed by atoms with Crippen molar-refractivity contribution in [3.8, 4) is 11.5 Å². The van der Waals surface area contributed by atoms with Crippen LogP contribution in [0.15, 0.2) is 42.5 Å². The minimum absolute atomic E-state index is 0.0904. The highest BCUT2D eigenvalue weighted by molar-refractivity contribution is 5.83. The van der Waals surface area contributed by atoms with E-state index in [2.05, 4.69) is 5.32 Å². The number of ether oxygens (including phenoxy) is 2. The fourth-order valence-corrected chi connectivity index (χ4v) is 5.32. The van der Waals surface area contributed by atoms with Gasteiger partial charge in [-0.25, -0.2) is 0 Å². The normalized spacial score (nSPS) is 21.6. The fraction of sp³-hybridized carbons (Fsp3) is 0.440. The van der Waals surface area contributed by atoms with Gasteiger partial charge in [-0.05, 0) is 48.1 Å². The number of amides is 2. The van der Waals surface area contributed by atoms with Crippen LogP contribution in [0.25, 0.3) is 0 Å². The summed E-state index contributed by atoms with van der Waals surface area (Å²) in [5, 5.41) is 3.32. The fourth-order valence-electron chi connectivity index (χ4n) is 5.32. The standard InChI is InChI=1S/C25H29N3O4/c26-24(30)20-13-17-5-1-2-6-18(17)15-28(20)16-23(29)27-25(9-3-4-10-25)19-7-8-21-22(14-19)32-12-11-31-21/h1-2,5-8,14,20H,3-4,9-13,15-16H2,(H2,26,30)(H,27,29). The molecule has 2 aromatic rings. The van der Waals surface area contributed by atoms with Crippen LogP contribution in [-0.2, 0) is 28.1 Å². The smallest absolute Gasteiger partial charge is 0.235 e. The van der Waals surface area contributed by atoms with Crippen molar-refractivity contribution in [1.29, 1.82) is 0 Å². The topological polar surface area (TPSA) is 93.9 Å². The molecule has 3 N–H and O–H groups in total. The molecule has 0 bridgehead atoms. The maximum absolute atomic E-state index is 13.3. The molecule has 1 unspecified atom stereocenters. The highest BCUT2D eigenvalue weighted by Crippen LogP contribution is 2.42. The quantitative estimate of drug-likeness (QED) is 0.751. The Balaban J connectivity index is 1.35. The van der Waals surface area contributed by atoms with E-state index in [9.17, 15) is 9.59 Å². The van der Waals surface area contributed by atoms with Crippen molar-refractivity contribution < 1.29 is 19.1 Å². The van der Waals surface area contributed by atoms with Gasteiger partial charge in [-0.3, -0.25) is 14.5 Å². The summed E-state index contributed by atoms with van der Waals surface area (Å²) < 4.78 is 11.4. The summed E-state index contributed by atoms with van der Waals surface area (Å²) in [6.45, 7) is 1.75. The molecule has 32 heavy (non-hydrogen) atoms. The van der Waals surface area contributed by atoms with Gasteiger partial charge < -0.3 is 20.5 Å². The van der Waals surface area contributed by atoms with Crippen LogP contribution in [0.3, 0.4) is 0 Å². The first-order valence-corrected chi connectivity index (χ1v) is 11.4. The Morgan fingerprint density at radius 3 is 2.50 bits per heavy atom. The van der Waals surface area contributed by atoms with Gasteiger partial charge in [-0.2, -0.15) is 0 Å². The molecule has 2 amide bonds. The van der Waals surface area contributed by atoms with Crippen LogP contribution in [0.1, 0.15) is 42.4 Å². The molecule has 0 aromatic heterocycles. The lowest BCUT2D eigenvalue weighted by Crippen LogP contribution is -2.54. The van der Waals surface area contributed by atoms with Gasteiger partial charge >= 0.3 is 0 Å². The minimum atomic E-state index is -0.482. The summed E-state index contributed by atoms with van der Waals surface area (Å²) in [6, 6.07) is 13.5. The second-order valence-corrected chi connectivity index (χ2v) is 8.99. The third-order valence-electron chi connectivity index (χ3n) is 6.95. The van der Waals surface area contributed by atoms with Crippen molar-refractivity contribution in [2.75, 3.05) is 19.8 Å². The van der Waals surface area contributed by atoms with Crippen molar-refractivity contribution in [3.05, 3.63) is 59.2 Å². The molecular formula is C25H29N3O4. The van der Waals surface area contributed by atoms with Crippen LogP contribution >= 0.6 is 0 Å². The molecule has 3 aliphatic rings. The summed E-state index contributed by atoms with van der Waals surface area (Å²) in [5.74, 6) is 0.994. The predicted molar refractivity (Wildman–Crippen MR) is 119 cm³/mol. The summed E-state index contributed by atoms with van der Waals surface area (Å²) in [4.78, 5) is 27.3. The number of rotatable bonds is 5. The van der Waals surface area contributed by atoms with E-state index in [-0.39, 0.29) is 12.5 Å². The number of nitrogens with two attached hydrogens (primary N) is 1. The molecule has 1 saturated carbocycles. The molecule has 2 heterocycles. The molecule has 1 aliphatic carbocycles. The third kappa shape index (κ3) is 3.93. The molecule has 1 atom stereocenters. The van der Waals surface area contributed by atoms with Gasteiger partial charge in [0.25, 0.3) is 0 Å². The van der Waals surface area contributed by atoms with Crippen LogP contribution in [-0.4, -0.2) is 42.5 Å². The maximum atomic E-state index is 13.3. The van der Waals surface area contributed by atoms with E-state index in [1.54, 1.807) is 0 Å². The summed E-state index contributed by atoms with van der Waals surface area (Å²) in [5.41, 5.74) is 8.58.